The Kier molecular flexibility index (Phi) is 14.1. The highest BCUT2D eigenvalue weighted by Crippen LogP contribution is 2.43. The molecule has 4 aliphatic rings. The summed E-state index contributed by atoms with van der Waals surface area (Å²) >= 11 is 0. The lowest BCUT2D eigenvalue weighted by atomic mass is 9.82. The molecule has 6 amide bonds. The minimum Gasteiger partial charge on any atom is -0.447 e. The summed E-state index contributed by atoms with van der Waals surface area (Å²) in [6, 6.07) is -4.82. The highest BCUT2D eigenvalue weighted by Gasteiger charge is 2.52. The van der Waals surface area contributed by atoms with Gasteiger partial charge in [0.15, 0.2) is 0 Å². The van der Waals surface area contributed by atoms with Crippen LogP contribution < -0.4 is 26.6 Å². The number of alkyl carbamates (subject to hydrolysis) is 1. The van der Waals surface area contributed by atoms with Gasteiger partial charge < -0.3 is 36.2 Å². The molecule has 14 nitrogen and oxygen atoms in total. The lowest BCUT2D eigenvalue weighted by Crippen LogP contribution is -2.63. The van der Waals surface area contributed by atoms with Crippen molar-refractivity contribution in [2.75, 3.05) is 6.54 Å². The van der Waals surface area contributed by atoms with Crippen LogP contribution in [0.1, 0.15) is 126 Å². The summed E-state index contributed by atoms with van der Waals surface area (Å²) < 4.78 is 5.11. The Hall–Kier alpha value is -3.71. The van der Waals surface area contributed by atoms with Gasteiger partial charge in [0.25, 0.3) is 5.91 Å². The van der Waals surface area contributed by atoms with Crippen molar-refractivity contribution in [2.45, 2.75) is 168 Å². The first kappa shape index (κ1) is 41.1. The molecule has 4 fully saturated rings. The third-order valence-electron chi connectivity index (χ3n) is 11.0. The molecule has 52 heavy (non-hydrogen) atoms. The van der Waals surface area contributed by atoms with Gasteiger partial charge in [0.1, 0.15) is 24.2 Å². The normalized spacial score (nSPS) is 24.2. The number of likely N-dealkylation sites (tertiary alicyclic amines) is 1. The average Bonchev–Trinajstić information content (AvgIpc) is 3.64. The maximum absolute atomic E-state index is 14.6. The molecule has 0 aromatic heterocycles. The van der Waals surface area contributed by atoms with Gasteiger partial charge in [0, 0.05) is 12.6 Å². The first-order valence-electron chi connectivity index (χ1n) is 19.5. The molecule has 292 valence electrons. The number of amides is 6. The Bertz CT molecular complexity index is 1340. The predicted octanol–water partition coefficient (Wildman–Crippen LogP) is 2.87. The maximum atomic E-state index is 14.6. The summed E-state index contributed by atoms with van der Waals surface area (Å²) in [5, 5.41) is 13.9. The van der Waals surface area contributed by atoms with Gasteiger partial charge in [-0.2, -0.15) is 0 Å². The second-order valence-electron chi connectivity index (χ2n) is 16.8. The maximum Gasteiger partial charge on any atom is 0.408 e. The lowest BCUT2D eigenvalue weighted by molar-refractivity contribution is -0.146. The van der Waals surface area contributed by atoms with Crippen molar-refractivity contribution in [1.82, 2.24) is 31.5 Å². The van der Waals surface area contributed by atoms with E-state index in [0.717, 1.165) is 64.2 Å². The van der Waals surface area contributed by atoms with Crippen LogP contribution in [0.2, 0.25) is 0 Å². The second kappa shape index (κ2) is 17.9. The zero-order chi connectivity index (χ0) is 38.3. The smallest absolute Gasteiger partial charge is 0.408 e. The minimum atomic E-state index is -1.04. The molecule has 0 aromatic carbocycles. The minimum absolute atomic E-state index is 0.000720. The Labute approximate surface area is 308 Å². The summed E-state index contributed by atoms with van der Waals surface area (Å²) in [7, 11) is 0. The molecule has 1 aliphatic heterocycles. The zero-order valence-corrected chi connectivity index (χ0v) is 32.2. The fourth-order valence-corrected chi connectivity index (χ4v) is 8.01. The number of rotatable bonds is 15. The van der Waals surface area contributed by atoms with Gasteiger partial charge in [0.05, 0.1) is 12.1 Å². The third-order valence-corrected chi connectivity index (χ3v) is 11.0. The monoisotopic (exact) mass is 730 g/mol. The van der Waals surface area contributed by atoms with E-state index in [4.69, 9.17) is 4.74 Å². The van der Waals surface area contributed by atoms with Crippen LogP contribution in [-0.2, 0) is 33.5 Å². The number of nitrogens with zero attached hydrogens (tertiary/aromatic N) is 1. The number of ketones is 1. The van der Waals surface area contributed by atoms with Gasteiger partial charge in [-0.25, -0.2) is 4.79 Å². The quantitative estimate of drug-likeness (QED) is 0.159. The highest BCUT2D eigenvalue weighted by atomic mass is 16.6. The van der Waals surface area contributed by atoms with Crippen molar-refractivity contribution in [3.8, 4) is 0 Å². The van der Waals surface area contributed by atoms with E-state index in [0.29, 0.717) is 19.4 Å². The molecule has 1 saturated heterocycles. The summed E-state index contributed by atoms with van der Waals surface area (Å²) in [6.45, 7) is 12.7. The van der Waals surface area contributed by atoms with Crippen LogP contribution >= 0.6 is 0 Å². The molecule has 0 radical (unpaired) electrons. The standard InChI is InChI=1S/C38H62N6O8/c1-8-13-27(30(45)35(49)40-25-18-19-25)41-34(48)29-26-17-12-16-24(26)20-44(29)36(50)31(38(5,6)7)43-33(47)28(23-14-10-9-11-15-23)42-32(46)22(4)39-37(51)52-21(2)3/h21-29,31H,8-20H2,1-7H3,(H,39,51)(H,40,49)(H,41,48)(H,42,46)(H,43,47)/t22-,24+,26+,27?,28+,29+,31-/m1/s1. The van der Waals surface area contributed by atoms with Gasteiger partial charge in [0.2, 0.25) is 29.4 Å². The number of hydrogen-bond donors (Lipinski definition) is 5. The molecule has 7 atom stereocenters. The van der Waals surface area contributed by atoms with E-state index in [9.17, 15) is 33.6 Å². The van der Waals surface area contributed by atoms with Crippen LogP contribution in [0, 0.1) is 23.2 Å². The molecular weight excluding hydrogens is 668 g/mol. The zero-order valence-electron chi connectivity index (χ0n) is 32.2. The van der Waals surface area contributed by atoms with Crippen LogP contribution in [-0.4, -0.2) is 95.2 Å². The third kappa shape index (κ3) is 10.7. The van der Waals surface area contributed by atoms with E-state index >= 15 is 0 Å². The van der Waals surface area contributed by atoms with E-state index < -0.39 is 77.0 Å². The number of nitrogens with one attached hydrogen (secondary N) is 5. The molecular formula is C38H62N6O8. The molecule has 1 unspecified atom stereocenters. The average molecular weight is 731 g/mol. The Morgan fingerprint density at radius 3 is 2.06 bits per heavy atom. The van der Waals surface area contributed by atoms with Crippen molar-refractivity contribution < 1.29 is 38.3 Å². The van der Waals surface area contributed by atoms with Crippen LogP contribution in [0.5, 0.6) is 0 Å². The molecule has 3 saturated carbocycles. The molecule has 4 rings (SSSR count). The van der Waals surface area contributed by atoms with Crippen molar-refractivity contribution in [3.05, 3.63) is 0 Å². The van der Waals surface area contributed by atoms with E-state index in [-0.39, 0.29) is 29.9 Å². The number of ether oxygens (including phenoxy) is 1. The van der Waals surface area contributed by atoms with Crippen LogP contribution in [0.4, 0.5) is 4.79 Å². The molecule has 5 N–H and O–H groups in total. The summed E-state index contributed by atoms with van der Waals surface area (Å²) in [4.78, 5) is 95.9. The first-order chi connectivity index (χ1) is 24.5. The SMILES string of the molecule is CCCC(NC(=O)[C@@H]1[C@H]2CCC[C@H]2CN1C(=O)[C@@H](NC(=O)[C@@H](NC(=O)[C@@H](C)NC(=O)OC(C)C)C1CCCCC1)C(C)(C)C)C(=O)C(=O)NC1CC1. The van der Waals surface area contributed by atoms with Gasteiger partial charge >= 0.3 is 6.09 Å². The lowest BCUT2D eigenvalue weighted by Gasteiger charge is -2.38. The fourth-order valence-electron chi connectivity index (χ4n) is 8.01. The molecule has 1 heterocycles. The Balaban J connectivity index is 1.54. The van der Waals surface area contributed by atoms with Crippen LogP contribution in [0.15, 0.2) is 0 Å². The van der Waals surface area contributed by atoms with Gasteiger partial charge in [-0.3, -0.25) is 28.8 Å². The summed E-state index contributed by atoms with van der Waals surface area (Å²) in [5.74, 6) is -3.47. The van der Waals surface area contributed by atoms with Crippen LogP contribution in [0.3, 0.4) is 0 Å². The molecule has 0 bridgehead atoms. The molecule has 0 spiro atoms. The predicted molar refractivity (Wildman–Crippen MR) is 193 cm³/mol. The van der Waals surface area contributed by atoms with E-state index in [1.807, 2.05) is 27.7 Å². The number of Topliss-reactive ketones (excluding diaryl/α,β-unsaturated/α-hetero) is 1. The van der Waals surface area contributed by atoms with Crippen molar-refractivity contribution in [3.63, 3.8) is 0 Å². The van der Waals surface area contributed by atoms with Crippen molar-refractivity contribution in [2.24, 2.45) is 23.2 Å². The van der Waals surface area contributed by atoms with Crippen molar-refractivity contribution in [1.29, 1.82) is 0 Å². The van der Waals surface area contributed by atoms with E-state index in [1.54, 1.807) is 18.7 Å². The second-order valence-corrected chi connectivity index (χ2v) is 16.8. The van der Waals surface area contributed by atoms with Crippen molar-refractivity contribution >= 4 is 41.4 Å². The summed E-state index contributed by atoms with van der Waals surface area (Å²) in [6.07, 6.45) is 8.21. The van der Waals surface area contributed by atoms with Gasteiger partial charge in [-0.05, 0) is 88.9 Å². The number of hydrogen-bond acceptors (Lipinski definition) is 8. The topological polar surface area (TPSA) is 192 Å². The van der Waals surface area contributed by atoms with Crippen LogP contribution in [0.25, 0.3) is 0 Å². The number of carbonyl (C=O) groups is 7. The molecule has 0 aromatic rings. The van der Waals surface area contributed by atoms with Gasteiger partial charge in [-0.1, -0.05) is 59.8 Å². The van der Waals surface area contributed by atoms with E-state index in [2.05, 4.69) is 26.6 Å². The Morgan fingerprint density at radius 1 is 0.788 bits per heavy atom. The van der Waals surface area contributed by atoms with E-state index in [1.165, 1.54) is 6.92 Å². The number of carbonyl (C=O) groups excluding carboxylic acids is 7. The highest BCUT2D eigenvalue weighted by molar-refractivity contribution is 6.38. The first-order valence-corrected chi connectivity index (χ1v) is 19.5. The number of fused-ring (bicyclic) bond motifs is 1. The Morgan fingerprint density at radius 2 is 1.46 bits per heavy atom. The summed E-state index contributed by atoms with van der Waals surface area (Å²) in [5.41, 5.74) is -0.774. The largest absolute Gasteiger partial charge is 0.447 e. The fraction of sp³-hybridized carbons (Fsp3) is 0.816. The molecule has 3 aliphatic carbocycles. The molecule has 14 heteroatoms. The van der Waals surface area contributed by atoms with Gasteiger partial charge in [-0.15, -0.1) is 0 Å².